The van der Waals surface area contributed by atoms with Gasteiger partial charge in [-0.3, -0.25) is 4.79 Å². The molecule has 120 valence electrons. The smallest absolute Gasteiger partial charge is 0.234 e. The Morgan fingerprint density at radius 3 is 2.05 bits per heavy atom. The van der Waals surface area contributed by atoms with Gasteiger partial charge in [-0.1, -0.05) is 34.6 Å². The van der Waals surface area contributed by atoms with Crippen molar-refractivity contribution < 1.29 is 4.79 Å². The molecule has 0 aromatic rings. The van der Waals surface area contributed by atoms with Gasteiger partial charge in [-0.25, -0.2) is 0 Å². The Balaban J connectivity index is 3.78. The lowest BCUT2D eigenvalue weighted by atomic mass is 9.77. The topological polar surface area (TPSA) is 41.1 Å². The Hall–Kier alpha value is -0.570. The highest BCUT2D eigenvalue weighted by Crippen LogP contribution is 2.31. The molecule has 0 radical (unpaired) electrons. The first kappa shape index (κ1) is 19.4. The van der Waals surface area contributed by atoms with Crippen molar-refractivity contribution >= 4 is 5.91 Å². The highest BCUT2D eigenvalue weighted by Gasteiger charge is 2.21. The number of hydrogen-bond acceptors (Lipinski definition) is 2. The van der Waals surface area contributed by atoms with Gasteiger partial charge in [0.15, 0.2) is 0 Å². The maximum atomic E-state index is 11.6. The molecule has 0 aromatic carbocycles. The summed E-state index contributed by atoms with van der Waals surface area (Å²) in [5, 5.41) is 6.20. The van der Waals surface area contributed by atoms with E-state index in [1.54, 1.807) is 0 Å². The van der Waals surface area contributed by atoms with Crippen molar-refractivity contribution in [2.75, 3.05) is 13.1 Å². The van der Waals surface area contributed by atoms with Crippen LogP contribution in [0.25, 0.3) is 0 Å². The van der Waals surface area contributed by atoms with Crippen LogP contribution in [0.5, 0.6) is 0 Å². The largest absolute Gasteiger partial charge is 0.350 e. The second kappa shape index (κ2) is 8.02. The SMILES string of the molecule is CC(CCNCC(=O)NC(C)(C)C)CC(C)C(C)(C)C. The molecule has 0 rings (SSSR count). The predicted octanol–water partition coefficient (Wildman–Crippen LogP) is 3.59. The zero-order valence-electron chi connectivity index (χ0n) is 14.9. The van der Waals surface area contributed by atoms with Crippen molar-refractivity contribution in [2.24, 2.45) is 17.3 Å². The number of hydrogen-bond donors (Lipinski definition) is 2. The quantitative estimate of drug-likeness (QED) is 0.702. The maximum Gasteiger partial charge on any atom is 0.234 e. The van der Waals surface area contributed by atoms with E-state index < -0.39 is 0 Å². The number of nitrogens with one attached hydrogen (secondary N) is 2. The van der Waals surface area contributed by atoms with Gasteiger partial charge in [0.05, 0.1) is 6.54 Å². The van der Waals surface area contributed by atoms with E-state index in [4.69, 9.17) is 0 Å². The number of amides is 1. The highest BCUT2D eigenvalue weighted by atomic mass is 16.2. The minimum absolute atomic E-state index is 0.0770. The van der Waals surface area contributed by atoms with Crippen molar-refractivity contribution in [3.05, 3.63) is 0 Å². The van der Waals surface area contributed by atoms with Crippen LogP contribution in [0.4, 0.5) is 0 Å². The first-order chi connectivity index (χ1) is 8.92. The third kappa shape index (κ3) is 10.2. The fraction of sp³-hybridized carbons (Fsp3) is 0.941. The van der Waals surface area contributed by atoms with Gasteiger partial charge < -0.3 is 10.6 Å². The summed E-state index contributed by atoms with van der Waals surface area (Å²) >= 11 is 0. The molecule has 0 fully saturated rings. The average Bonchev–Trinajstić information content (AvgIpc) is 2.20. The molecular formula is C17H36N2O. The van der Waals surface area contributed by atoms with Crippen LogP contribution in [-0.4, -0.2) is 24.5 Å². The average molecular weight is 284 g/mol. The van der Waals surface area contributed by atoms with Gasteiger partial charge >= 0.3 is 0 Å². The van der Waals surface area contributed by atoms with Crippen molar-refractivity contribution in [1.29, 1.82) is 0 Å². The molecule has 20 heavy (non-hydrogen) atoms. The fourth-order valence-corrected chi connectivity index (χ4v) is 2.09. The van der Waals surface area contributed by atoms with E-state index in [-0.39, 0.29) is 11.4 Å². The minimum atomic E-state index is -0.145. The molecule has 2 N–H and O–H groups in total. The zero-order chi connectivity index (χ0) is 16.0. The van der Waals surface area contributed by atoms with Crippen LogP contribution in [0.2, 0.25) is 0 Å². The second-order valence-electron chi connectivity index (χ2n) is 8.37. The normalized spacial score (nSPS) is 15.8. The molecule has 0 aliphatic rings. The molecule has 1 amide bonds. The van der Waals surface area contributed by atoms with Crippen LogP contribution in [0.3, 0.4) is 0 Å². The monoisotopic (exact) mass is 284 g/mol. The summed E-state index contributed by atoms with van der Waals surface area (Å²) in [6.07, 6.45) is 2.38. The molecule has 0 saturated heterocycles. The Bertz CT molecular complexity index is 286. The van der Waals surface area contributed by atoms with E-state index in [0.29, 0.717) is 17.9 Å². The lowest BCUT2D eigenvalue weighted by Crippen LogP contribution is -2.45. The van der Waals surface area contributed by atoms with E-state index in [9.17, 15) is 4.79 Å². The van der Waals surface area contributed by atoms with E-state index in [0.717, 1.165) is 18.9 Å². The number of carbonyl (C=O) groups is 1. The maximum absolute atomic E-state index is 11.6. The van der Waals surface area contributed by atoms with E-state index in [2.05, 4.69) is 45.3 Å². The van der Waals surface area contributed by atoms with Gasteiger partial charge in [0.1, 0.15) is 0 Å². The summed E-state index contributed by atoms with van der Waals surface area (Å²) in [7, 11) is 0. The Kier molecular flexibility index (Phi) is 7.79. The van der Waals surface area contributed by atoms with E-state index >= 15 is 0 Å². The summed E-state index contributed by atoms with van der Waals surface area (Å²) in [6.45, 7) is 18.9. The molecule has 2 unspecified atom stereocenters. The van der Waals surface area contributed by atoms with Crippen molar-refractivity contribution in [2.45, 2.75) is 73.8 Å². The molecule has 0 bridgehead atoms. The summed E-state index contributed by atoms with van der Waals surface area (Å²) in [5.74, 6) is 1.50. The van der Waals surface area contributed by atoms with Crippen LogP contribution in [0.1, 0.15) is 68.2 Å². The molecule has 0 spiro atoms. The molecule has 2 atom stereocenters. The van der Waals surface area contributed by atoms with Gasteiger partial charge in [0.25, 0.3) is 0 Å². The molecule has 0 heterocycles. The number of carbonyl (C=O) groups excluding carboxylic acids is 1. The first-order valence-corrected chi connectivity index (χ1v) is 7.93. The van der Waals surface area contributed by atoms with Crippen molar-refractivity contribution in [3.8, 4) is 0 Å². The van der Waals surface area contributed by atoms with Crippen LogP contribution < -0.4 is 10.6 Å². The minimum Gasteiger partial charge on any atom is -0.350 e. The Labute approximate surface area is 126 Å². The third-order valence-electron chi connectivity index (χ3n) is 3.85. The summed E-state index contributed by atoms with van der Waals surface area (Å²) in [4.78, 5) is 11.6. The van der Waals surface area contributed by atoms with E-state index in [1.807, 2.05) is 20.8 Å². The van der Waals surface area contributed by atoms with E-state index in [1.165, 1.54) is 6.42 Å². The van der Waals surface area contributed by atoms with Gasteiger partial charge in [-0.15, -0.1) is 0 Å². The van der Waals surface area contributed by atoms with Crippen LogP contribution in [-0.2, 0) is 4.79 Å². The van der Waals surface area contributed by atoms with Crippen LogP contribution in [0.15, 0.2) is 0 Å². The molecular weight excluding hydrogens is 248 g/mol. The lowest BCUT2D eigenvalue weighted by Gasteiger charge is -2.29. The third-order valence-corrected chi connectivity index (χ3v) is 3.85. The summed E-state index contributed by atoms with van der Waals surface area (Å²) in [6, 6.07) is 0. The van der Waals surface area contributed by atoms with Gasteiger partial charge in [-0.05, 0) is 57.4 Å². The van der Waals surface area contributed by atoms with Crippen molar-refractivity contribution in [1.82, 2.24) is 10.6 Å². The predicted molar refractivity (Wildman–Crippen MR) is 87.8 cm³/mol. The Morgan fingerprint density at radius 2 is 1.60 bits per heavy atom. The standard InChI is InChI=1S/C17H36N2O/c1-13(11-14(2)16(3,4)5)9-10-18-12-15(20)19-17(6,7)8/h13-14,18H,9-12H2,1-8H3,(H,19,20). The fourth-order valence-electron chi connectivity index (χ4n) is 2.09. The summed E-state index contributed by atoms with van der Waals surface area (Å²) in [5.41, 5.74) is 0.239. The molecule has 3 heteroatoms. The molecule has 0 aliphatic carbocycles. The van der Waals surface area contributed by atoms with Crippen molar-refractivity contribution in [3.63, 3.8) is 0 Å². The molecule has 3 nitrogen and oxygen atoms in total. The molecule has 0 aliphatic heterocycles. The molecule has 0 aromatic heterocycles. The van der Waals surface area contributed by atoms with Gasteiger partial charge in [0, 0.05) is 5.54 Å². The van der Waals surface area contributed by atoms with Crippen LogP contribution in [0, 0.1) is 17.3 Å². The van der Waals surface area contributed by atoms with Crippen LogP contribution >= 0.6 is 0 Å². The Morgan fingerprint density at radius 1 is 1.05 bits per heavy atom. The second-order valence-corrected chi connectivity index (χ2v) is 8.37. The summed E-state index contributed by atoms with van der Waals surface area (Å²) < 4.78 is 0. The zero-order valence-corrected chi connectivity index (χ0v) is 14.9. The van der Waals surface area contributed by atoms with Gasteiger partial charge in [-0.2, -0.15) is 0 Å². The lowest BCUT2D eigenvalue weighted by molar-refractivity contribution is -0.121. The van der Waals surface area contributed by atoms with Gasteiger partial charge in [0.2, 0.25) is 5.91 Å². The molecule has 0 saturated carbocycles. The number of rotatable bonds is 7. The highest BCUT2D eigenvalue weighted by molar-refractivity contribution is 5.78. The first-order valence-electron chi connectivity index (χ1n) is 7.93.